The van der Waals surface area contributed by atoms with Gasteiger partial charge in [-0.3, -0.25) is 4.79 Å². The number of rotatable bonds is 2. The third-order valence-electron chi connectivity index (χ3n) is 13.1. The summed E-state index contributed by atoms with van der Waals surface area (Å²) in [5, 5.41) is 15.4. The molecule has 5 aliphatic carbocycles. The minimum atomic E-state index is -2.01. The summed E-state index contributed by atoms with van der Waals surface area (Å²) in [6.07, 6.45) is 5.34. The number of fused-ring (bicyclic) bond motifs is 8. The van der Waals surface area contributed by atoms with Crippen LogP contribution < -0.4 is 4.68 Å². The largest absolute Gasteiger partial charge is 0.390 e. The number of H-pyrrole nitrogens is 1. The predicted octanol–water partition coefficient (Wildman–Crippen LogP) is 3.94. The zero-order valence-corrected chi connectivity index (χ0v) is 24.8. The smallest absolute Gasteiger partial charge is 0.227 e. The second kappa shape index (κ2) is 8.93. The number of hydrogen-bond acceptors (Lipinski definition) is 6. The van der Waals surface area contributed by atoms with E-state index in [4.69, 9.17) is 18.9 Å². The van der Waals surface area contributed by atoms with E-state index in [-0.39, 0.29) is 44.9 Å². The number of nitrogens with one attached hydrogen (secondary N) is 1. The SMILES string of the molecule is C[C@H]1C[C@H]2[C@@H]3C[C@H](F)C4=Cc5[nH][n+](CC6CCC(=O)CC6)cc5C[C@]4(C)[C@@]3(F)[C@@H](O)C[C@]2(C)[C@]12OCOC21COCO1. The van der Waals surface area contributed by atoms with E-state index in [1.165, 1.54) is 0 Å². The fourth-order valence-electron chi connectivity index (χ4n) is 11.2. The van der Waals surface area contributed by atoms with Gasteiger partial charge in [-0.1, -0.05) is 20.8 Å². The highest BCUT2D eigenvalue weighted by Gasteiger charge is 2.82. The molecule has 0 bridgehead atoms. The molecular weight excluding hydrogens is 546 g/mol. The Bertz CT molecular complexity index is 1330. The van der Waals surface area contributed by atoms with E-state index in [0.717, 1.165) is 30.6 Å². The molecule has 2 aliphatic heterocycles. The number of aliphatic hydroxyl groups excluding tert-OH is 1. The highest BCUT2D eigenvalue weighted by Crippen LogP contribution is 2.74. The molecule has 1 unspecified atom stereocenters. The average Bonchev–Trinajstić information content (AvgIpc) is 3.71. The maximum atomic E-state index is 18.2. The molecule has 0 radical (unpaired) electrons. The third-order valence-corrected chi connectivity index (χ3v) is 13.1. The molecule has 2 spiro atoms. The van der Waals surface area contributed by atoms with Crippen LogP contribution in [-0.4, -0.2) is 65.5 Å². The van der Waals surface area contributed by atoms with E-state index in [1.807, 2.05) is 23.9 Å². The summed E-state index contributed by atoms with van der Waals surface area (Å²) < 4.78 is 60.9. The summed E-state index contributed by atoms with van der Waals surface area (Å²) in [6, 6.07) is 0. The first-order valence-corrected chi connectivity index (χ1v) is 15.8. The van der Waals surface area contributed by atoms with Gasteiger partial charge in [-0.25, -0.2) is 8.78 Å². The highest BCUT2D eigenvalue weighted by atomic mass is 19.1. The number of alkyl halides is 2. The van der Waals surface area contributed by atoms with Gasteiger partial charge in [0.05, 0.1) is 6.10 Å². The van der Waals surface area contributed by atoms with Crippen molar-refractivity contribution in [2.75, 3.05) is 20.2 Å². The molecule has 230 valence electrons. The number of ether oxygens (including phenoxy) is 4. The number of hydrogen-bond donors (Lipinski definition) is 2. The lowest BCUT2D eigenvalue weighted by Gasteiger charge is -2.64. The number of allylic oxidation sites excluding steroid dienone is 1. The van der Waals surface area contributed by atoms with Crippen molar-refractivity contribution in [3.8, 4) is 0 Å². The summed E-state index contributed by atoms with van der Waals surface area (Å²) in [4.78, 5) is 11.7. The molecule has 3 heterocycles. The Morgan fingerprint density at radius 2 is 1.88 bits per heavy atom. The number of aliphatic hydroxyl groups is 1. The van der Waals surface area contributed by atoms with Gasteiger partial charge >= 0.3 is 0 Å². The molecule has 42 heavy (non-hydrogen) atoms. The number of aromatic nitrogens is 2. The van der Waals surface area contributed by atoms with Crippen molar-refractivity contribution in [2.24, 2.45) is 34.5 Å². The van der Waals surface area contributed by atoms with Crippen molar-refractivity contribution >= 4 is 11.9 Å². The number of nitrogens with zero attached hydrogens (tertiary/aromatic N) is 1. The summed E-state index contributed by atoms with van der Waals surface area (Å²) in [5.41, 5.74) is -2.64. The van der Waals surface area contributed by atoms with Crippen molar-refractivity contribution in [3.63, 3.8) is 0 Å². The molecule has 6 fully saturated rings. The Morgan fingerprint density at radius 1 is 1.12 bits per heavy atom. The Kier molecular flexibility index (Phi) is 5.91. The molecule has 1 aromatic heterocycles. The molecule has 2 N–H and O–H groups in total. The zero-order chi connectivity index (χ0) is 29.3. The minimum absolute atomic E-state index is 0.0232. The lowest BCUT2D eigenvalue weighted by atomic mass is 9.43. The highest BCUT2D eigenvalue weighted by molar-refractivity contribution is 5.79. The standard InChI is InChI=1S/C32H42F2N2O6/c1-18-8-22-23-9-25(33)24-10-26-20(14-36(35-26)13-19-4-6-21(37)7-5-19)11-28(24,2)31(23,34)27(38)12-29(22,3)32(18)30(41-17-42-32)15-39-16-40-30/h10,14,18-19,22-23,25,27,38H,4-9,11-13,15-17H2,1-3H3/p+1/t18-,22-,23-,25-,27-,28-,29-,30?,31-,32+/m0/s1. The van der Waals surface area contributed by atoms with Crippen molar-refractivity contribution in [1.29, 1.82) is 0 Å². The van der Waals surface area contributed by atoms with Crippen LogP contribution in [0.3, 0.4) is 0 Å². The number of halogens is 2. The molecule has 4 saturated carbocycles. The predicted molar refractivity (Wildman–Crippen MR) is 145 cm³/mol. The van der Waals surface area contributed by atoms with Crippen LogP contribution in [0.15, 0.2) is 11.8 Å². The topological polar surface area (TPSA) is 93.9 Å². The van der Waals surface area contributed by atoms with Gasteiger partial charge in [-0.05, 0) is 62.0 Å². The van der Waals surface area contributed by atoms with E-state index < -0.39 is 46.1 Å². The van der Waals surface area contributed by atoms with Crippen LogP contribution in [0.5, 0.6) is 0 Å². The van der Waals surface area contributed by atoms with Crippen LogP contribution >= 0.6 is 0 Å². The van der Waals surface area contributed by atoms with E-state index in [0.29, 0.717) is 43.0 Å². The number of carbonyl (C=O) groups is 1. The maximum Gasteiger partial charge on any atom is 0.227 e. The summed E-state index contributed by atoms with van der Waals surface area (Å²) in [6.45, 7) is 7.08. The van der Waals surface area contributed by atoms with Crippen LogP contribution in [0.25, 0.3) is 6.08 Å². The molecule has 8 rings (SSSR count). The first kappa shape index (κ1) is 27.8. The summed E-state index contributed by atoms with van der Waals surface area (Å²) in [5.74, 6) is -1.37. The van der Waals surface area contributed by atoms with Crippen LogP contribution in [0, 0.1) is 34.5 Å². The van der Waals surface area contributed by atoms with Crippen LogP contribution in [0.4, 0.5) is 8.78 Å². The molecule has 0 amide bonds. The van der Waals surface area contributed by atoms with Crippen LogP contribution in [0.2, 0.25) is 0 Å². The van der Waals surface area contributed by atoms with Gasteiger partial charge in [0.25, 0.3) is 0 Å². The average molecular weight is 590 g/mol. The second-order valence-corrected chi connectivity index (χ2v) is 14.9. The molecule has 2 saturated heterocycles. The molecule has 0 aromatic carbocycles. The van der Waals surface area contributed by atoms with Crippen LogP contribution in [0.1, 0.15) is 77.0 Å². The van der Waals surface area contributed by atoms with Crippen molar-refractivity contribution < 1.29 is 42.3 Å². The minimum Gasteiger partial charge on any atom is -0.390 e. The molecule has 10 heteroatoms. The first-order valence-electron chi connectivity index (χ1n) is 15.8. The van der Waals surface area contributed by atoms with Crippen molar-refractivity contribution in [1.82, 2.24) is 5.10 Å². The van der Waals surface area contributed by atoms with Gasteiger partial charge < -0.3 is 24.1 Å². The second-order valence-electron chi connectivity index (χ2n) is 14.9. The van der Waals surface area contributed by atoms with E-state index in [9.17, 15) is 9.90 Å². The first-order chi connectivity index (χ1) is 20.0. The van der Waals surface area contributed by atoms with Gasteiger partial charge in [-0.15, -0.1) is 4.68 Å². The van der Waals surface area contributed by atoms with Crippen molar-refractivity contribution in [2.45, 2.75) is 108 Å². The fraction of sp³-hybridized carbons (Fsp3) is 0.812. The lowest BCUT2D eigenvalue weighted by molar-refractivity contribution is -0.756. The van der Waals surface area contributed by atoms with Gasteiger partial charge in [0.1, 0.15) is 35.5 Å². The van der Waals surface area contributed by atoms with E-state index in [2.05, 4.69) is 18.9 Å². The summed E-state index contributed by atoms with van der Waals surface area (Å²) in [7, 11) is 0. The number of carbonyl (C=O) groups excluding carboxylic acids is 1. The van der Waals surface area contributed by atoms with E-state index >= 15 is 8.78 Å². The molecule has 8 nitrogen and oxygen atoms in total. The number of Topliss-reactive ketones (excluding diaryl/α,β-unsaturated/α-hetero) is 1. The van der Waals surface area contributed by atoms with Gasteiger partial charge in [0, 0.05) is 41.1 Å². The van der Waals surface area contributed by atoms with Crippen molar-refractivity contribution in [3.05, 3.63) is 23.0 Å². The lowest BCUT2D eigenvalue weighted by Crippen LogP contribution is -2.73. The Hall–Kier alpha value is -1.72. The monoisotopic (exact) mass is 589 g/mol. The quantitative estimate of drug-likeness (QED) is 0.508. The summed E-state index contributed by atoms with van der Waals surface area (Å²) >= 11 is 0. The van der Waals surface area contributed by atoms with Gasteiger partial charge in [0.2, 0.25) is 5.79 Å². The molecule has 7 aliphatic rings. The fourth-order valence-corrected chi connectivity index (χ4v) is 11.2. The maximum absolute atomic E-state index is 18.2. The Balaban J connectivity index is 1.15. The van der Waals surface area contributed by atoms with E-state index in [1.54, 1.807) is 0 Å². The third kappa shape index (κ3) is 3.23. The zero-order valence-electron chi connectivity index (χ0n) is 24.8. The normalized spacial score (nSPS) is 50.1. The van der Waals surface area contributed by atoms with Gasteiger partial charge in [-0.2, -0.15) is 5.10 Å². The van der Waals surface area contributed by atoms with Crippen LogP contribution in [-0.2, 0) is 36.7 Å². The Morgan fingerprint density at radius 3 is 2.62 bits per heavy atom. The molecule has 10 atom stereocenters. The molecule has 1 aromatic rings. The number of aromatic amines is 1. The number of ketones is 1. The Labute approximate surface area is 245 Å². The van der Waals surface area contributed by atoms with Gasteiger partial charge in [0.15, 0.2) is 26.3 Å². The molecular formula is C32H43F2N2O6+.